The first-order chi connectivity index (χ1) is 13.2. The van der Waals surface area contributed by atoms with Crippen molar-refractivity contribution < 1.29 is 4.74 Å². The standard InChI is InChI=1S/C24H16BrClO/c25-21-13-7-12-20(18-10-5-2-6-11-18)24(21)27-23-15-14-19(16-22(23)26)17-8-3-1-4-9-17/h1-16H. The summed E-state index contributed by atoms with van der Waals surface area (Å²) in [5.41, 5.74) is 4.28. The number of halogens is 2. The molecule has 0 saturated heterocycles. The Morgan fingerprint density at radius 2 is 1.30 bits per heavy atom. The highest BCUT2D eigenvalue weighted by atomic mass is 79.9. The van der Waals surface area contributed by atoms with Crippen molar-refractivity contribution in [2.24, 2.45) is 0 Å². The summed E-state index contributed by atoms with van der Waals surface area (Å²) in [6.45, 7) is 0. The van der Waals surface area contributed by atoms with Crippen LogP contribution in [0.25, 0.3) is 22.3 Å². The van der Waals surface area contributed by atoms with E-state index in [-0.39, 0.29) is 0 Å². The Bertz CT molecular complexity index is 1060. The number of para-hydroxylation sites is 1. The van der Waals surface area contributed by atoms with Crippen LogP contribution in [0.4, 0.5) is 0 Å². The van der Waals surface area contributed by atoms with Gasteiger partial charge in [0.15, 0.2) is 0 Å². The van der Waals surface area contributed by atoms with Crippen LogP contribution in [0, 0.1) is 0 Å². The zero-order valence-corrected chi connectivity index (χ0v) is 16.7. The lowest BCUT2D eigenvalue weighted by Gasteiger charge is -2.15. The van der Waals surface area contributed by atoms with Crippen molar-refractivity contribution in [3.05, 3.63) is 107 Å². The van der Waals surface area contributed by atoms with Gasteiger partial charge in [0.25, 0.3) is 0 Å². The van der Waals surface area contributed by atoms with Crippen molar-refractivity contribution in [1.29, 1.82) is 0 Å². The van der Waals surface area contributed by atoms with Gasteiger partial charge in [0.05, 0.1) is 9.50 Å². The molecule has 0 fully saturated rings. The molecule has 0 heterocycles. The van der Waals surface area contributed by atoms with E-state index in [1.54, 1.807) is 0 Å². The Balaban J connectivity index is 1.71. The fraction of sp³-hybridized carbons (Fsp3) is 0. The summed E-state index contributed by atoms with van der Waals surface area (Å²) < 4.78 is 7.12. The first kappa shape index (κ1) is 17.8. The molecule has 0 unspecified atom stereocenters. The topological polar surface area (TPSA) is 9.23 Å². The molecule has 0 atom stereocenters. The van der Waals surface area contributed by atoms with Crippen LogP contribution in [-0.4, -0.2) is 0 Å². The van der Waals surface area contributed by atoms with E-state index < -0.39 is 0 Å². The third-order valence-corrected chi connectivity index (χ3v) is 5.22. The minimum Gasteiger partial charge on any atom is -0.454 e. The number of hydrogen-bond acceptors (Lipinski definition) is 1. The summed E-state index contributed by atoms with van der Waals surface area (Å²) >= 11 is 10.1. The van der Waals surface area contributed by atoms with Crippen molar-refractivity contribution in [1.82, 2.24) is 0 Å². The normalized spacial score (nSPS) is 10.6. The summed E-state index contributed by atoms with van der Waals surface area (Å²) in [5.74, 6) is 1.37. The van der Waals surface area contributed by atoms with Crippen molar-refractivity contribution in [3.8, 4) is 33.8 Å². The van der Waals surface area contributed by atoms with Gasteiger partial charge in [0.1, 0.15) is 11.5 Å². The first-order valence-electron chi connectivity index (χ1n) is 8.59. The lowest BCUT2D eigenvalue weighted by Crippen LogP contribution is -1.91. The highest BCUT2D eigenvalue weighted by molar-refractivity contribution is 9.10. The molecule has 0 radical (unpaired) electrons. The van der Waals surface area contributed by atoms with E-state index in [0.717, 1.165) is 32.5 Å². The van der Waals surface area contributed by atoms with E-state index >= 15 is 0 Å². The molecule has 0 aliphatic rings. The van der Waals surface area contributed by atoms with Gasteiger partial charge in [0.2, 0.25) is 0 Å². The molecule has 0 aliphatic carbocycles. The summed E-state index contributed by atoms with van der Waals surface area (Å²) in [6, 6.07) is 32.2. The zero-order valence-electron chi connectivity index (χ0n) is 14.4. The summed E-state index contributed by atoms with van der Waals surface area (Å²) in [4.78, 5) is 0. The monoisotopic (exact) mass is 434 g/mol. The second-order valence-electron chi connectivity index (χ2n) is 6.10. The average Bonchev–Trinajstić information content (AvgIpc) is 2.72. The highest BCUT2D eigenvalue weighted by Gasteiger charge is 2.13. The average molecular weight is 436 g/mol. The number of ether oxygens (including phenoxy) is 1. The minimum absolute atomic E-state index is 0.575. The van der Waals surface area contributed by atoms with Crippen LogP contribution in [0.5, 0.6) is 11.5 Å². The van der Waals surface area contributed by atoms with Crippen LogP contribution in [-0.2, 0) is 0 Å². The van der Waals surface area contributed by atoms with Gasteiger partial charge >= 0.3 is 0 Å². The molecule has 132 valence electrons. The number of hydrogen-bond donors (Lipinski definition) is 0. The molecule has 0 saturated carbocycles. The molecule has 0 bridgehead atoms. The van der Waals surface area contributed by atoms with E-state index in [2.05, 4.69) is 40.2 Å². The van der Waals surface area contributed by atoms with Crippen LogP contribution in [0.15, 0.2) is 102 Å². The van der Waals surface area contributed by atoms with Gasteiger partial charge < -0.3 is 4.74 Å². The van der Waals surface area contributed by atoms with Crippen molar-refractivity contribution in [2.45, 2.75) is 0 Å². The van der Waals surface area contributed by atoms with E-state index in [1.807, 2.05) is 72.8 Å². The third-order valence-electron chi connectivity index (χ3n) is 4.30. The summed E-state index contributed by atoms with van der Waals surface area (Å²) in [6.07, 6.45) is 0. The molecule has 0 aromatic heterocycles. The quantitative estimate of drug-likeness (QED) is 0.314. The van der Waals surface area contributed by atoms with E-state index in [4.69, 9.17) is 16.3 Å². The zero-order chi connectivity index (χ0) is 18.6. The van der Waals surface area contributed by atoms with Gasteiger partial charge in [-0.3, -0.25) is 0 Å². The van der Waals surface area contributed by atoms with E-state index in [9.17, 15) is 0 Å². The second kappa shape index (κ2) is 7.99. The lowest BCUT2D eigenvalue weighted by atomic mass is 10.0. The molecule has 4 aromatic carbocycles. The van der Waals surface area contributed by atoms with Crippen molar-refractivity contribution in [2.75, 3.05) is 0 Å². The highest BCUT2D eigenvalue weighted by Crippen LogP contribution is 2.41. The van der Waals surface area contributed by atoms with Crippen LogP contribution >= 0.6 is 27.5 Å². The second-order valence-corrected chi connectivity index (χ2v) is 7.36. The Kier molecular flexibility index (Phi) is 5.28. The van der Waals surface area contributed by atoms with E-state index in [1.165, 1.54) is 0 Å². The molecule has 0 amide bonds. The Labute approximate surface area is 172 Å². The Morgan fingerprint density at radius 1 is 0.630 bits per heavy atom. The Morgan fingerprint density at radius 3 is 1.96 bits per heavy atom. The van der Waals surface area contributed by atoms with Crippen molar-refractivity contribution in [3.63, 3.8) is 0 Å². The molecule has 3 heteroatoms. The molecule has 27 heavy (non-hydrogen) atoms. The molecule has 1 nitrogen and oxygen atoms in total. The van der Waals surface area contributed by atoms with Crippen LogP contribution in [0.3, 0.4) is 0 Å². The molecule has 0 spiro atoms. The Hall–Kier alpha value is -2.55. The predicted molar refractivity (Wildman–Crippen MR) is 117 cm³/mol. The smallest absolute Gasteiger partial charge is 0.149 e. The molecule has 0 N–H and O–H groups in total. The predicted octanol–water partition coefficient (Wildman–Crippen LogP) is 8.23. The SMILES string of the molecule is Clc1cc(-c2ccccc2)ccc1Oc1c(Br)cccc1-c1ccccc1. The molecule has 4 rings (SSSR count). The van der Waals surface area contributed by atoms with Crippen LogP contribution < -0.4 is 4.74 Å². The van der Waals surface area contributed by atoms with Crippen molar-refractivity contribution >= 4 is 27.5 Å². The van der Waals surface area contributed by atoms with Crippen LogP contribution in [0.1, 0.15) is 0 Å². The fourth-order valence-corrected chi connectivity index (χ4v) is 3.63. The van der Waals surface area contributed by atoms with Gasteiger partial charge in [-0.25, -0.2) is 0 Å². The summed E-state index contributed by atoms with van der Waals surface area (Å²) in [5, 5.41) is 0.575. The van der Waals surface area contributed by atoms with Gasteiger partial charge in [-0.1, -0.05) is 90.5 Å². The molecular formula is C24H16BrClO. The molecular weight excluding hydrogens is 420 g/mol. The lowest BCUT2D eigenvalue weighted by molar-refractivity contribution is 0.482. The van der Waals surface area contributed by atoms with Crippen LogP contribution in [0.2, 0.25) is 5.02 Å². The maximum Gasteiger partial charge on any atom is 0.149 e. The summed E-state index contributed by atoms with van der Waals surface area (Å²) in [7, 11) is 0. The fourth-order valence-electron chi connectivity index (χ4n) is 2.96. The number of rotatable bonds is 4. The molecule has 0 aliphatic heterocycles. The number of benzene rings is 4. The maximum atomic E-state index is 6.54. The van der Waals surface area contributed by atoms with E-state index in [0.29, 0.717) is 10.8 Å². The first-order valence-corrected chi connectivity index (χ1v) is 9.76. The van der Waals surface area contributed by atoms with Gasteiger partial charge in [-0.05, 0) is 50.8 Å². The van der Waals surface area contributed by atoms with Gasteiger partial charge in [0, 0.05) is 5.56 Å². The molecule has 4 aromatic rings. The minimum atomic E-state index is 0.575. The van der Waals surface area contributed by atoms with Gasteiger partial charge in [-0.15, -0.1) is 0 Å². The van der Waals surface area contributed by atoms with Gasteiger partial charge in [-0.2, -0.15) is 0 Å². The maximum absolute atomic E-state index is 6.54. The largest absolute Gasteiger partial charge is 0.454 e. The third kappa shape index (κ3) is 3.92.